The molecule has 0 unspecified atom stereocenters. The number of unbranched alkanes of at least 4 members (excludes halogenated alkanes) is 1. The summed E-state index contributed by atoms with van der Waals surface area (Å²) in [7, 11) is 0. The monoisotopic (exact) mass is 347 g/mol. The Bertz CT molecular complexity index is 768. The van der Waals surface area contributed by atoms with Crippen molar-refractivity contribution in [1.29, 1.82) is 0 Å². The van der Waals surface area contributed by atoms with Crippen molar-refractivity contribution in [3.8, 4) is 17.2 Å². The SMILES string of the molecule is CCCCOc1ccc(CNc2ccc(Oc3ccccc3)cc2)cc1. The molecule has 3 aromatic rings. The van der Waals surface area contributed by atoms with E-state index in [2.05, 4.69) is 24.4 Å². The summed E-state index contributed by atoms with van der Waals surface area (Å²) in [6.07, 6.45) is 2.24. The van der Waals surface area contributed by atoms with Crippen molar-refractivity contribution in [2.45, 2.75) is 26.3 Å². The molecule has 0 bridgehead atoms. The third-order valence-corrected chi connectivity index (χ3v) is 4.02. The third kappa shape index (κ3) is 5.55. The lowest BCUT2D eigenvalue weighted by molar-refractivity contribution is 0.309. The molecule has 26 heavy (non-hydrogen) atoms. The Morgan fingerprint density at radius 3 is 2.08 bits per heavy atom. The summed E-state index contributed by atoms with van der Waals surface area (Å²) in [5.41, 5.74) is 2.28. The molecule has 3 nitrogen and oxygen atoms in total. The van der Waals surface area contributed by atoms with Crippen molar-refractivity contribution in [3.05, 3.63) is 84.4 Å². The summed E-state index contributed by atoms with van der Waals surface area (Å²) in [5, 5.41) is 3.43. The Morgan fingerprint density at radius 2 is 1.38 bits per heavy atom. The minimum Gasteiger partial charge on any atom is -0.494 e. The van der Waals surface area contributed by atoms with E-state index in [0.29, 0.717) is 0 Å². The molecule has 1 N–H and O–H groups in total. The van der Waals surface area contributed by atoms with E-state index in [4.69, 9.17) is 9.47 Å². The van der Waals surface area contributed by atoms with Crippen LogP contribution in [0.15, 0.2) is 78.9 Å². The van der Waals surface area contributed by atoms with Crippen LogP contribution in [0.25, 0.3) is 0 Å². The molecule has 0 aliphatic heterocycles. The molecular weight excluding hydrogens is 322 g/mol. The lowest BCUT2D eigenvalue weighted by Crippen LogP contribution is -2.00. The average molecular weight is 347 g/mol. The molecule has 0 aliphatic carbocycles. The van der Waals surface area contributed by atoms with Gasteiger partial charge < -0.3 is 14.8 Å². The van der Waals surface area contributed by atoms with Crippen LogP contribution in [-0.2, 0) is 6.54 Å². The van der Waals surface area contributed by atoms with Gasteiger partial charge in [0.25, 0.3) is 0 Å². The molecule has 0 saturated carbocycles. The number of hydrogen-bond donors (Lipinski definition) is 1. The van der Waals surface area contributed by atoms with E-state index in [9.17, 15) is 0 Å². The molecule has 0 aliphatic rings. The summed E-state index contributed by atoms with van der Waals surface area (Å²) in [5.74, 6) is 2.61. The van der Waals surface area contributed by atoms with Gasteiger partial charge in [-0.2, -0.15) is 0 Å². The van der Waals surface area contributed by atoms with E-state index in [1.807, 2.05) is 66.7 Å². The Balaban J connectivity index is 1.48. The first-order chi connectivity index (χ1) is 12.8. The smallest absolute Gasteiger partial charge is 0.127 e. The molecule has 3 heteroatoms. The minimum atomic E-state index is 0.772. The summed E-state index contributed by atoms with van der Waals surface area (Å²) in [6, 6.07) is 26.1. The fourth-order valence-corrected chi connectivity index (χ4v) is 2.51. The van der Waals surface area contributed by atoms with Crippen LogP contribution in [0.1, 0.15) is 25.3 Å². The fourth-order valence-electron chi connectivity index (χ4n) is 2.51. The van der Waals surface area contributed by atoms with Crippen LogP contribution in [-0.4, -0.2) is 6.61 Å². The highest BCUT2D eigenvalue weighted by atomic mass is 16.5. The molecule has 0 fully saturated rings. The number of nitrogens with one attached hydrogen (secondary N) is 1. The second kappa shape index (κ2) is 9.52. The van der Waals surface area contributed by atoms with Gasteiger partial charge in [0.15, 0.2) is 0 Å². The standard InChI is InChI=1S/C23H25NO2/c1-2-3-17-25-21-13-9-19(10-14-21)18-24-20-11-15-23(16-12-20)26-22-7-5-4-6-8-22/h4-16,24H,2-3,17-18H2,1H3. The predicted molar refractivity (Wildman–Crippen MR) is 107 cm³/mol. The van der Waals surface area contributed by atoms with E-state index in [1.165, 1.54) is 5.56 Å². The quantitative estimate of drug-likeness (QED) is 0.463. The van der Waals surface area contributed by atoms with Gasteiger partial charge in [-0.1, -0.05) is 43.7 Å². The number of benzene rings is 3. The van der Waals surface area contributed by atoms with Crippen LogP contribution in [0.2, 0.25) is 0 Å². The van der Waals surface area contributed by atoms with Crippen molar-refractivity contribution in [2.24, 2.45) is 0 Å². The average Bonchev–Trinajstić information content (AvgIpc) is 2.69. The highest BCUT2D eigenvalue weighted by Gasteiger charge is 1.99. The molecule has 0 saturated heterocycles. The van der Waals surface area contributed by atoms with Gasteiger partial charge in [0.05, 0.1) is 6.61 Å². The maximum absolute atomic E-state index is 5.81. The first-order valence-electron chi connectivity index (χ1n) is 9.12. The largest absolute Gasteiger partial charge is 0.494 e. The zero-order valence-corrected chi connectivity index (χ0v) is 15.2. The molecule has 0 spiro atoms. The van der Waals surface area contributed by atoms with Crippen LogP contribution in [0.5, 0.6) is 17.2 Å². The highest BCUT2D eigenvalue weighted by Crippen LogP contribution is 2.23. The Labute approximate surface area is 155 Å². The van der Waals surface area contributed by atoms with Crippen LogP contribution in [0.3, 0.4) is 0 Å². The van der Waals surface area contributed by atoms with Gasteiger partial charge >= 0.3 is 0 Å². The first kappa shape index (κ1) is 17.9. The zero-order valence-electron chi connectivity index (χ0n) is 15.2. The van der Waals surface area contributed by atoms with Gasteiger partial charge in [0, 0.05) is 12.2 Å². The van der Waals surface area contributed by atoms with Crippen LogP contribution in [0.4, 0.5) is 5.69 Å². The van der Waals surface area contributed by atoms with E-state index in [0.717, 1.165) is 48.9 Å². The predicted octanol–water partition coefficient (Wildman–Crippen LogP) is 6.27. The molecular formula is C23H25NO2. The van der Waals surface area contributed by atoms with Crippen LogP contribution >= 0.6 is 0 Å². The third-order valence-electron chi connectivity index (χ3n) is 4.02. The molecule has 3 rings (SSSR count). The van der Waals surface area contributed by atoms with Crippen molar-refractivity contribution in [2.75, 3.05) is 11.9 Å². The second-order valence-corrected chi connectivity index (χ2v) is 6.14. The van der Waals surface area contributed by atoms with Crippen LogP contribution < -0.4 is 14.8 Å². The van der Waals surface area contributed by atoms with Gasteiger partial charge in [0.1, 0.15) is 17.2 Å². The lowest BCUT2D eigenvalue weighted by Gasteiger charge is -2.10. The summed E-state index contributed by atoms with van der Waals surface area (Å²) >= 11 is 0. The number of anilines is 1. The maximum Gasteiger partial charge on any atom is 0.127 e. The van der Waals surface area contributed by atoms with Gasteiger partial charge in [-0.05, 0) is 60.5 Å². The molecule has 3 aromatic carbocycles. The maximum atomic E-state index is 5.81. The van der Waals surface area contributed by atoms with Gasteiger partial charge in [-0.3, -0.25) is 0 Å². The van der Waals surface area contributed by atoms with Crippen molar-refractivity contribution < 1.29 is 9.47 Å². The number of ether oxygens (including phenoxy) is 2. The van der Waals surface area contributed by atoms with Crippen molar-refractivity contribution in [1.82, 2.24) is 0 Å². The summed E-state index contributed by atoms with van der Waals surface area (Å²) in [6.45, 7) is 3.72. The molecule has 134 valence electrons. The topological polar surface area (TPSA) is 30.5 Å². The zero-order chi connectivity index (χ0) is 18.0. The molecule has 0 radical (unpaired) electrons. The second-order valence-electron chi connectivity index (χ2n) is 6.14. The van der Waals surface area contributed by atoms with Crippen LogP contribution in [0, 0.1) is 0 Å². The fraction of sp³-hybridized carbons (Fsp3) is 0.217. The number of hydrogen-bond acceptors (Lipinski definition) is 3. The normalized spacial score (nSPS) is 10.3. The molecule has 0 aromatic heterocycles. The Kier molecular flexibility index (Phi) is 6.54. The van der Waals surface area contributed by atoms with E-state index < -0.39 is 0 Å². The van der Waals surface area contributed by atoms with Gasteiger partial charge in [-0.15, -0.1) is 0 Å². The minimum absolute atomic E-state index is 0.772. The molecule has 0 atom stereocenters. The lowest BCUT2D eigenvalue weighted by atomic mass is 10.2. The van der Waals surface area contributed by atoms with Crippen molar-refractivity contribution in [3.63, 3.8) is 0 Å². The van der Waals surface area contributed by atoms with Crippen molar-refractivity contribution >= 4 is 5.69 Å². The molecule has 0 heterocycles. The van der Waals surface area contributed by atoms with Gasteiger partial charge in [0.2, 0.25) is 0 Å². The summed E-state index contributed by atoms with van der Waals surface area (Å²) < 4.78 is 11.5. The first-order valence-corrected chi connectivity index (χ1v) is 9.12. The van der Waals surface area contributed by atoms with E-state index >= 15 is 0 Å². The Hall–Kier alpha value is -2.94. The van der Waals surface area contributed by atoms with Gasteiger partial charge in [-0.25, -0.2) is 0 Å². The number of rotatable bonds is 9. The Morgan fingerprint density at radius 1 is 0.731 bits per heavy atom. The highest BCUT2D eigenvalue weighted by molar-refractivity contribution is 5.47. The number of para-hydroxylation sites is 1. The summed E-state index contributed by atoms with van der Waals surface area (Å²) in [4.78, 5) is 0. The molecule has 0 amide bonds. The van der Waals surface area contributed by atoms with E-state index in [1.54, 1.807) is 0 Å². The van der Waals surface area contributed by atoms with E-state index in [-0.39, 0.29) is 0 Å².